The van der Waals surface area contributed by atoms with E-state index in [-0.39, 0.29) is 43.7 Å². The van der Waals surface area contributed by atoms with Crippen LogP contribution in [0.25, 0.3) is 11.1 Å². The number of rotatable bonds is 6. The molecule has 3 heterocycles. The lowest BCUT2D eigenvalue weighted by molar-refractivity contribution is 0.0356. The Kier molecular flexibility index (Phi) is 7.56. The van der Waals surface area contributed by atoms with E-state index in [1.807, 2.05) is 37.3 Å². The third-order valence-electron chi connectivity index (χ3n) is 7.05. The summed E-state index contributed by atoms with van der Waals surface area (Å²) in [5.74, 6) is 1.00. The average molecular weight is 533 g/mol. The highest BCUT2D eigenvalue weighted by atomic mass is 16.7. The molecule has 0 spiro atoms. The van der Waals surface area contributed by atoms with Crippen molar-refractivity contribution >= 4 is 17.6 Å². The molecule has 5 rings (SSSR count). The second-order valence-electron chi connectivity index (χ2n) is 9.94. The van der Waals surface area contributed by atoms with Gasteiger partial charge >= 0.3 is 6.03 Å². The standard InChI is InChI=1S/C29H32N4O6/c1-18-14-33(19(2)16-34)28(35)23-11-21(20-7-5-4-6-8-20)13-30-27(23)39-26(18)15-32(3)29(36)31-22-9-10-24-25(12-22)38-17-37-24/h4-13,18-19,26,34H,14-17H2,1-3H3,(H,31,36)/t18-,19-,26+/m0/s1. The van der Waals surface area contributed by atoms with Crippen LogP contribution in [0, 0.1) is 5.92 Å². The molecule has 0 fully saturated rings. The highest BCUT2D eigenvalue weighted by Crippen LogP contribution is 2.34. The first kappa shape index (κ1) is 26.3. The number of carbonyl (C=O) groups is 2. The number of nitrogens with one attached hydrogen (secondary N) is 1. The van der Waals surface area contributed by atoms with Gasteiger partial charge in [-0.05, 0) is 30.7 Å². The Hall–Kier alpha value is -4.31. The molecule has 3 atom stereocenters. The van der Waals surface area contributed by atoms with Gasteiger partial charge in [-0.15, -0.1) is 0 Å². The van der Waals surface area contributed by atoms with E-state index in [0.29, 0.717) is 29.3 Å². The second kappa shape index (κ2) is 11.2. The number of pyridine rings is 1. The Labute approximate surface area is 227 Å². The van der Waals surface area contributed by atoms with Gasteiger partial charge in [-0.25, -0.2) is 9.78 Å². The summed E-state index contributed by atoms with van der Waals surface area (Å²) in [4.78, 5) is 34.4. The third-order valence-corrected chi connectivity index (χ3v) is 7.05. The van der Waals surface area contributed by atoms with Gasteiger partial charge in [-0.2, -0.15) is 0 Å². The fourth-order valence-corrected chi connectivity index (χ4v) is 4.65. The Balaban J connectivity index is 1.38. The summed E-state index contributed by atoms with van der Waals surface area (Å²) < 4.78 is 17.1. The predicted octanol–water partition coefficient (Wildman–Crippen LogP) is 3.86. The predicted molar refractivity (Wildman–Crippen MR) is 145 cm³/mol. The maximum absolute atomic E-state index is 13.6. The Morgan fingerprint density at radius 1 is 1.15 bits per heavy atom. The van der Waals surface area contributed by atoms with Gasteiger partial charge in [-0.3, -0.25) is 4.79 Å². The zero-order chi connectivity index (χ0) is 27.5. The topological polar surface area (TPSA) is 113 Å². The lowest BCUT2D eigenvalue weighted by atomic mass is 9.99. The zero-order valence-electron chi connectivity index (χ0n) is 22.2. The van der Waals surface area contributed by atoms with Crippen LogP contribution in [0.2, 0.25) is 0 Å². The normalized spacial score (nSPS) is 18.9. The number of fused-ring (bicyclic) bond motifs is 2. The molecule has 0 saturated heterocycles. The van der Waals surface area contributed by atoms with Gasteiger partial charge < -0.3 is 34.4 Å². The first-order valence-corrected chi connectivity index (χ1v) is 12.9. The summed E-state index contributed by atoms with van der Waals surface area (Å²) in [6.07, 6.45) is 1.22. The third kappa shape index (κ3) is 5.61. The number of ether oxygens (including phenoxy) is 3. The molecule has 2 aliphatic heterocycles. The van der Waals surface area contributed by atoms with E-state index >= 15 is 0 Å². The number of amides is 3. The quantitative estimate of drug-likeness (QED) is 0.496. The summed E-state index contributed by atoms with van der Waals surface area (Å²) in [5, 5.41) is 12.8. The number of aliphatic hydroxyl groups excluding tert-OH is 1. The average Bonchev–Trinajstić information content (AvgIpc) is 3.42. The lowest BCUT2D eigenvalue weighted by Crippen LogP contribution is -2.50. The van der Waals surface area contributed by atoms with Crippen LogP contribution in [0.3, 0.4) is 0 Å². The Morgan fingerprint density at radius 2 is 1.92 bits per heavy atom. The molecule has 0 unspecified atom stereocenters. The minimum absolute atomic E-state index is 0.153. The molecule has 10 nitrogen and oxygen atoms in total. The fourth-order valence-electron chi connectivity index (χ4n) is 4.65. The molecular formula is C29H32N4O6. The highest BCUT2D eigenvalue weighted by Gasteiger charge is 2.35. The Bertz CT molecular complexity index is 1350. The number of hydrogen-bond donors (Lipinski definition) is 2. The number of likely N-dealkylation sites (N-methyl/N-ethyl adjacent to an activating group) is 1. The first-order chi connectivity index (χ1) is 18.8. The largest absolute Gasteiger partial charge is 0.472 e. The van der Waals surface area contributed by atoms with E-state index in [2.05, 4.69) is 10.3 Å². The summed E-state index contributed by atoms with van der Waals surface area (Å²) in [5.41, 5.74) is 2.61. The van der Waals surface area contributed by atoms with E-state index in [1.165, 1.54) is 4.90 Å². The van der Waals surface area contributed by atoms with Crippen molar-refractivity contribution in [2.24, 2.45) is 5.92 Å². The van der Waals surface area contributed by atoms with Gasteiger partial charge in [0.05, 0.1) is 19.2 Å². The number of aliphatic hydroxyl groups is 1. The van der Waals surface area contributed by atoms with Gasteiger partial charge in [0.15, 0.2) is 11.5 Å². The maximum Gasteiger partial charge on any atom is 0.321 e. The van der Waals surface area contributed by atoms with Gasteiger partial charge in [-0.1, -0.05) is 37.3 Å². The van der Waals surface area contributed by atoms with E-state index in [0.717, 1.165) is 11.1 Å². The van der Waals surface area contributed by atoms with Crippen molar-refractivity contribution in [1.29, 1.82) is 0 Å². The number of benzene rings is 2. The van der Waals surface area contributed by atoms with E-state index in [9.17, 15) is 14.7 Å². The van der Waals surface area contributed by atoms with Crippen molar-refractivity contribution in [2.75, 3.05) is 38.9 Å². The van der Waals surface area contributed by atoms with Crippen LogP contribution < -0.4 is 19.5 Å². The first-order valence-electron chi connectivity index (χ1n) is 12.9. The van der Waals surface area contributed by atoms with Crippen molar-refractivity contribution in [2.45, 2.75) is 26.0 Å². The molecule has 3 amide bonds. The number of nitrogens with zero attached hydrogens (tertiary/aromatic N) is 3. The van der Waals surface area contributed by atoms with Gasteiger partial charge in [0.2, 0.25) is 12.7 Å². The van der Waals surface area contributed by atoms with Gasteiger partial charge in [0.25, 0.3) is 5.91 Å². The summed E-state index contributed by atoms with van der Waals surface area (Å²) in [6.45, 7) is 4.33. The summed E-state index contributed by atoms with van der Waals surface area (Å²) in [6, 6.07) is 15.9. The zero-order valence-corrected chi connectivity index (χ0v) is 22.2. The molecule has 204 valence electrons. The van der Waals surface area contributed by atoms with Crippen molar-refractivity contribution in [3.05, 3.63) is 66.4 Å². The summed E-state index contributed by atoms with van der Waals surface area (Å²) >= 11 is 0. The molecule has 2 aliphatic rings. The monoisotopic (exact) mass is 532 g/mol. The lowest BCUT2D eigenvalue weighted by Gasteiger charge is -2.37. The molecule has 0 bridgehead atoms. The summed E-state index contributed by atoms with van der Waals surface area (Å²) in [7, 11) is 1.68. The molecule has 0 saturated carbocycles. The molecule has 0 aliphatic carbocycles. The minimum Gasteiger partial charge on any atom is -0.472 e. The molecule has 39 heavy (non-hydrogen) atoms. The van der Waals surface area contributed by atoms with Crippen LogP contribution in [0.15, 0.2) is 60.8 Å². The van der Waals surface area contributed by atoms with Gasteiger partial charge in [0.1, 0.15) is 11.7 Å². The van der Waals surface area contributed by atoms with Crippen molar-refractivity contribution in [1.82, 2.24) is 14.8 Å². The molecular weight excluding hydrogens is 500 g/mol. The Morgan fingerprint density at radius 3 is 2.69 bits per heavy atom. The number of urea groups is 1. The van der Waals surface area contributed by atoms with Crippen molar-refractivity contribution in [3.63, 3.8) is 0 Å². The van der Waals surface area contributed by atoms with Crippen LogP contribution in [-0.4, -0.2) is 77.5 Å². The minimum atomic E-state index is -0.465. The molecule has 1 aromatic heterocycles. The highest BCUT2D eigenvalue weighted by molar-refractivity contribution is 5.98. The smallest absolute Gasteiger partial charge is 0.321 e. The fraction of sp³-hybridized carbons (Fsp3) is 0.345. The molecule has 0 radical (unpaired) electrons. The van der Waals surface area contributed by atoms with Crippen LogP contribution in [-0.2, 0) is 0 Å². The number of aromatic nitrogens is 1. The van der Waals surface area contributed by atoms with Crippen LogP contribution in [0.1, 0.15) is 24.2 Å². The van der Waals surface area contributed by atoms with E-state index in [1.54, 1.807) is 49.3 Å². The second-order valence-corrected chi connectivity index (χ2v) is 9.94. The van der Waals surface area contributed by atoms with Crippen LogP contribution >= 0.6 is 0 Å². The maximum atomic E-state index is 13.6. The molecule has 10 heteroatoms. The number of hydrogen-bond acceptors (Lipinski definition) is 7. The SMILES string of the molecule is C[C@H]1CN([C@@H](C)CO)C(=O)c2cc(-c3ccccc3)cnc2O[C@@H]1CN(C)C(=O)Nc1ccc2c(c1)OCO2. The van der Waals surface area contributed by atoms with Gasteiger partial charge in [0, 0.05) is 43.0 Å². The van der Waals surface area contributed by atoms with Crippen molar-refractivity contribution in [3.8, 4) is 28.5 Å². The van der Waals surface area contributed by atoms with Crippen LogP contribution in [0.4, 0.5) is 10.5 Å². The van der Waals surface area contributed by atoms with E-state index < -0.39 is 12.1 Å². The molecule has 2 N–H and O–H groups in total. The van der Waals surface area contributed by atoms with E-state index in [4.69, 9.17) is 14.2 Å². The number of anilines is 1. The van der Waals surface area contributed by atoms with Crippen molar-refractivity contribution < 1.29 is 28.9 Å². The molecule has 3 aromatic rings. The number of carbonyl (C=O) groups excluding carboxylic acids is 2. The van der Waals surface area contributed by atoms with Crippen LogP contribution in [0.5, 0.6) is 17.4 Å². The molecule has 2 aromatic carbocycles.